The van der Waals surface area contributed by atoms with E-state index in [1.807, 2.05) is 24.3 Å². The van der Waals surface area contributed by atoms with E-state index < -0.39 is 17.8 Å². The molecule has 0 aromatic heterocycles. The summed E-state index contributed by atoms with van der Waals surface area (Å²) in [6.45, 7) is 0.203. The summed E-state index contributed by atoms with van der Waals surface area (Å²) in [4.78, 5) is 26.3. The summed E-state index contributed by atoms with van der Waals surface area (Å²) < 4.78 is 26.5. The number of hydrogen-bond donors (Lipinski definition) is 1. The second-order valence-electron chi connectivity index (χ2n) is 8.48. The van der Waals surface area contributed by atoms with Gasteiger partial charge in [0.2, 0.25) is 0 Å². The molecule has 0 radical (unpaired) electrons. The average Bonchev–Trinajstić information content (AvgIpc) is 3.16. The molecule has 37 heavy (non-hydrogen) atoms. The highest BCUT2D eigenvalue weighted by atomic mass is 127. The summed E-state index contributed by atoms with van der Waals surface area (Å²) >= 11 is 2.15. The number of urea groups is 1. The third kappa shape index (κ3) is 5.29. The Hall–Kier alpha value is -3.92. The van der Waals surface area contributed by atoms with Crippen LogP contribution in [0.2, 0.25) is 0 Å². The maximum absolute atomic E-state index is 14.0. The molecule has 0 saturated carbocycles. The van der Waals surface area contributed by atoms with Gasteiger partial charge in [-0.3, -0.25) is 9.69 Å². The second-order valence-corrected chi connectivity index (χ2v) is 9.64. The smallest absolute Gasteiger partial charge is 0.329 e. The number of benzene rings is 4. The van der Waals surface area contributed by atoms with E-state index in [1.54, 1.807) is 37.5 Å². The van der Waals surface area contributed by atoms with E-state index in [0.29, 0.717) is 23.7 Å². The van der Waals surface area contributed by atoms with Crippen LogP contribution in [0.25, 0.3) is 16.8 Å². The number of methoxy groups -OCH3 is 1. The van der Waals surface area contributed by atoms with Crippen LogP contribution in [0.15, 0.2) is 84.6 Å². The molecular weight excluding hydrogens is 586 g/mol. The minimum atomic E-state index is -0.600. The molecule has 1 aliphatic rings. The van der Waals surface area contributed by atoms with Gasteiger partial charge in [0.25, 0.3) is 5.91 Å². The quantitative estimate of drug-likeness (QED) is 0.153. The number of hydrogen-bond acceptors (Lipinski definition) is 4. The lowest BCUT2D eigenvalue weighted by molar-refractivity contribution is -0.123. The molecule has 6 nitrogen and oxygen atoms in total. The third-order valence-electron chi connectivity index (χ3n) is 6.01. The number of nitrogens with zero attached hydrogens (tertiary/aromatic N) is 1. The first kappa shape index (κ1) is 24.8. The Kier molecular flexibility index (Phi) is 7.09. The average molecular weight is 608 g/mol. The first-order valence-electron chi connectivity index (χ1n) is 11.5. The summed E-state index contributed by atoms with van der Waals surface area (Å²) in [5.41, 5.74) is 2.04. The maximum atomic E-state index is 14.0. The van der Waals surface area contributed by atoms with Crippen molar-refractivity contribution in [2.24, 2.45) is 0 Å². The van der Waals surface area contributed by atoms with Crippen LogP contribution in [0.4, 0.5) is 9.18 Å². The number of nitrogens with one attached hydrogen (secondary N) is 1. The van der Waals surface area contributed by atoms with Gasteiger partial charge in [-0.15, -0.1) is 0 Å². The van der Waals surface area contributed by atoms with Crippen molar-refractivity contribution in [3.63, 3.8) is 0 Å². The number of amides is 3. The lowest BCUT2D eigenvalue weighted by Crippen LogP contribution is -2.30. The predicted molar refractivity (Wildman–Crippen MR) is 147 cm³/mol. The lowest BCUT2D eigenvalue weighted by atomic mass is 10.1. The molecule has 1 saturated heterocycles. The third-order valence-corrected chi connectivity index (χ3v) is 6.81. The molecule has 1 aliphatic heterocycles. The zero-order chi connectivity index (χ0) is 25.9. The van der Waals surface area contributed by atoms with Crippen molar-refractivity contribution >= 4 is 51.4 Å². The van der Waals surface area contributed by atoms with Gasteiger partial charge in [-0.2, -0.15) is 0 Å². The lowest BCUT2D eigenvalue weighted by Gasteiger charge is -2.14. The maximum Gasteiger partial charge on any atom is 0.329 e. The molecule has 3 amide bonds. The molecule has 8 heteroatoms. The molecule has 1 fully saturated rings. The first-order valence-corrected chi connectivity index (χ1v) is 12.6. The van der Waals surface area contributed by atoms with Gasteiger partial charge in [-0.1, -0.05) is 54.6 Å². The molecule has 1 N–H and O–H groups in total. The van der Waals surface area contributed by atoms with E-state index in [9.17, 15) is 14.0 Å². The van der Waals surface area contributed by atoms with E-state index in [0.717, 1.165) is 24.8 Å². The van der Waals surface area contributed by atoms with Crippen LogP contribution >= 0.6 is 22.6 Å². The summed E-state index contributed by atoms with van der Waals surface area (Å²) in [5, 5.41) is 4.88. The molecule has 5 rings (SSSR count). The van der Waals surface area contributed by atoms with Crippen molar-refractivity contribution in [1.82, 2.24) is 10.2 Å². The first-order chi connectivity index (χ1) is 17.9. The molecular formula is C29H22FIN2O4. The summed E-state index contributed by atoms with van der Waals surface area (Å²) in [7, 11) is 1.55. The topological polar surface area (TPSA) is 67.9 Å². The summed E-state index contributed by atoms with van der Waals surface area (Å²) in [6, 6.07) is 23.4. The number of ether oxygens (including phenoxy) is 2. The van der Waals surface area contributed by atoms with Crippen molar-refractivity contribution in [3.8, 4) is 11.5 Å². The van der Waals surface area contributed by atoms with Crippen molar-refractivity contribution in [3.05, 3.63) is 111 Å². The van der Waals surface area contributed by atoms with Crippen LogP contribution < -0.4 is 14.8 Å². The van der Waals surface area contributed by atoms with Crippen LogP contribution in [0.1, 0.15) is 16.7 Å². The molecule has 0 unspecified atom stereocenters. The second kappa shape index (κ2) is 10.6. The van der Waals surface area contributed by atoms with Gasteiger partial charge >= 0.3 is 6.03 Å². The number of carbonyl (C=O) groups is 2. The number of halogens is 2. The normalized spacial score (nSPS) is 14.4. The van der Waals surface area contributed by atoms with E-state index >= 15 is 0 Å². The highest BCUT2D eigenvalue weighted by Crippen LogP contribution is 2.35. The zero-order valence-corrected chi connectivity index (χ0v) is 22.0. The molecule has 186 valence electrons. The van der Waals surface area contributed by atoms with Crippen LogP contribution in [0.5, 0.6) is 11.5 Å². The van der Waals surface area contributed by atoms with Gasteiger partial charge < -0.3 is 14.8 Å². The molecule has 0 aliphatic carbocycles. The van der Waals surface area contributed by atoms with Crippen molar-refractivity contribution in [2.45, 2.75) is 13.2 Å². The number of imide groups is 1. The summed E-state index contributed by atoms with van der Waals surface area (Å²) in [6.07, 6.45) is 1.57. The predicted octanol–water partition coefficient (Wildman–Crippen LogP) is 6.26. The van der Waals surface area contributed by atoms with E-state index in [2.05, 4.69) is 52.2 Å². The standard InChI is InChI=1S/C29H22FIN2O4/c1-36-26-15-19(14-25-28(34)33(29(35)32-25)16-22-8-4-5-9-23(22)30)13-24(31)27(26)37-17-18-10-11-20-6-2-3-7-21(20)12-18/h2-15H,16-17H2,1H3,(H,32,35)/b25-14+. The molecule has 4 aromatic carbocycles. The van der Waals surface area contributed by atoms with Gasteiger partial charge in [0.1, 0.15) is 18.1 Å². The van der Waals surface area contributed by atoms with E-state index in [-0.39, 0.29) is 17.8 Å². The highest BCUT2D eigenvalue weighted by Gasteiger charge is 2.34. The Morgan fingerprint density at radius 1 is 0.973 bits per heavy atom. The van der Waals surface area contributed by atoms with Crippen LogP contribution in [-0.2, 0) is 17.9 Å². The zero-order valence-electron chi connectivity index (χ0n) is 19.8. The Labute approximate surface area is 226 Å². The van der Waals surface area contributed by atoms with Crippen LogP contribution in [0, 0.1) is 9.39 Å². The SMILES string of the molecule is COc1cc(/C=C2/NC(=O)N(Cc3ccccc3F)C2=O)cc(I)c1OCc1ccc2ccccc2c1. The van der Waals surface area contributed by atoms with Crippen molar-refractivity contribution in [1.29, 1.82) is 0 Å². The Morgan fingerprint density at radius 2 is 1.73 bits per heavy atom. The van der Waals surface area contributed by atoms with E-state index in [1.165, 1.54) is 6.07 Å². The molecule has 0 atom stereocenters. The largest absolute Gasteiger partial charge is 0.493 e. The summed E-state index contributed by atoms with van der Waals surface area (Å²) in [5.74, 6) is 0.0823. The molecule has 4 aromatic rings. The monoisotopic (exact) mass is 608 g/mol. The fourth-order valence-corrected chi connectivity index (χ4v) is 4.91. The number of fused-ring (bicyclic) bond motifs is 1. The minimum absolute atomic E-state index is 0.101. The Bertz CT molecular complexity index is 1550. The molecule has 1 heterocycles. The van der Waals surface area contributed by atoms with Crippen molar-refractivity contribution in [2.75, 3.05) is 7.11 Å². The van der Waals surface area contributed by atoms with Crippen molar-refractivity contribution < 1.29 is 23.5 Å². The number of rotatable bonds is 7. The van der Waals surface area contributed by atoms with Gasteiger partial charge in [-0.05, 0) is 74.8 Å². The Balaban J connectivity index is 1.34. The molecule has 0 spiro atoms. The van der Waals surface area contributed by atoms with Gasteiger partial charge in [0.05, 0.1) is 17.2 Å². The van der Waals surface area contributed by atoms with Gasteiger partial charge in [-0.25, -0.2) is 9.18 Å². The van der Waals surface area contributed by atoms with Gasteiger partial charge in [0, 0.05) is 5.56 Å². The molecule has 0 bridgehead atoms. The fraction of sp³-hybridized carbons (Fsp3) is 0.103. The fourth-order valence-electron chi connectivity index (χ4n) is 4.13. The van der Waals surface area contributed by atoms with E-state index in [4.69, 9.17) is 9.47 Å². The van der Waals surface area contributed by atoms with Crippen LogP contribution in [0.3, 0.4) is 0 Å². The van der Waals surface area contributed by atoms with Crippen LogP contribution in [-0.4, -0.2) is 23.9 Å². The minimum Gasteiger partial charge on any atom is -0.493 e. The van der Waals surface area contributed by atoms with Gasteiger partial charge in [0.15, 0.2) is 11.5 Å². The Morgan fingerprint density at radius 3 is 2.51 bits per heavy atom. The highest BCUT2D eigenvalue weighted by molar-refractivity contribution is 14.1. The number of carbonyl (C=O) groups excluding carboxylic acids is 2.